The molecule has 3 heterocycles. The van der Waals surface area contributed by atoms with Gasteiger partial charge >= 0.3 is 0 Å². The van der Waals surface area contributed by atoms with Crippen LogP contribution < -0.4 is 5.32 Å². The number of thiazole rings is 1. The number of aromatic nitrogens is 4. The van der Waals surface area contributed by atoms with Crippen molar-refractivity contribution in [3.8, 4) is 0 Å². The first-order valence-electron chi connectivity index (χ1n) is 8.93. The lowest BCUT2D eigenvalue weighted by atomic mass is 9.93. The van der Waals surface area contributed by atoms with Gasteiger partial charge in [-0.2, -0.15) is 5.10 Å². The van der Waals surface area contributed by atoms with Gasteiger partial charge in [0.2, 0.25) is 5.91 Å². The van der Waals surface area contributed by atoms with Crippen LogP contribution in [0.3, 0.4) is 0 Å². The molecule has 1 amide bonds. The summed E-state index contributed by atoms with van der Waals surface area (Å²) in [6.07, 6.45) is 7.72. The van der Waals surface area contributed by atoms with Crippen molar-refractivity contribution in [2.45, 2.75) is 67.6 Å². The highest BCUT2D eigenvalue weighted by molar-refractivity contribution is 8.01. The van der Waals surface area contributed by atoms with Gasteiger partial charge in [0.05, 0.1) is 12.5 Å². The zero-order valence-electron chi connectivity index (χ0n) is 14.4. The summed E-state index contributed by atoms with van der Waals surface area (Å²) in [6.45, 7) is 2.70. The van der Waals surface area contributed by atoms with E-state index in [0.717, 1.165) is 50.0 Å². The Morgan fingerprint density at radius 3 is 2.92 bits per heavy atom. The molecule has 2 aromatic heterocycles. The summed E-state index contributed by atoms with van der Waals surface area (Å²) >= 11 is 3.64. The van der Waals surface area contributed by atoms with Crippen molar-refractivity contribution in [2.75, 3.05) is 0 Å². The number of nitrogens with one attached hydrogen (secondary N) is 1. The molecule has 1 aliphatic heterocycles. The first kappa shape index (κ1) is 17.0. The Hall–Kier alpha value is -1.41. The monoisotopic (exact) mass is 377 g/mol. The number of hydrogen-bond acceptors (Lipinski definition) is 6. The smallest absolute Gasteiger partial charge is 0.225 e. The molecule has 0 aromatic carbocycles. The molecular formula is C17H23N5OS2. The lowest BCUT2D eigenvalue weighted by molar-refractivity contribution is -0.127. The molecule has 1 saturated carbocycles. The molecule has 0 spiro atoms. The Morgan fingerprint density at radius 1 is 1.32 bits per heavy atom. The van der Waals surface area contributed by atoms with Gasteiger partial charge in [-0.3, -0.25) is 4.79 Å². The minimum atomic E-state index is 0.0274. The van der Waals surface area contributed by atoms with Crippen LogP contribution in [-0.2, 0) is 17.8 Å². The topological polar surface area (TPSA) is 72.7 Å². The molecule has 134 valence electrons. The van der Waals surface area contributed by atoms with Crippen LogP contribution in [0.2, 0.25) is 0 Å². The van der Waals surface area contributed by atoms with Crippen molar-refractivity contribution in [1.29, 1.82) is 0 Å². The van der Waals surface area contributed by atoms with Crippen molar-refractivity contribution in [3.05, 3.63) is 23.2 Å². The van der Waals surface area contributed by atoms with Gasteiger partial charge in [-0.1, -0.05) is 11.8 Å². The van der Waals surface area contributed by atoms with E-state index < -0.39 is 0 Å². The Morgan fingerprint density at radius 2 is 2.16 bits per heavy atom. The molecule has 1 N–H and O–H groups in total. The first-order chi connectivity index (χ1) is 12.2. The summed E-state index contributed by atoms with van der Waals surface area (Å²) in [4.78, 5) is 21.4. The van der Waals surface area contributed by atoms with E-state index in [1.807, 2.05) is 23.4 Å². The zero-order valence-corrected chi connectivity index (χ0v) is 16.0. The Balaban J connectivity index is 1.24. The summed E-state index contributed by atoms with van der Waals surface area (Å²) in [6, 6.07) is 0.319. The van der Waals surface area contributed by atoms with Gasteiger partial charge in [-0.15, -0.1) is 11.3 Å². The van der Waals surface area contributed by atoms with Crippen molar-refractivity contribution < 1.29 is 4.79 Å². The molecule has 1 unspecified atom stereocenters. The van der Waals surface area contributed by atoms with Crippen LogP contribution >= 0.6 is 23.1 Å². The summed E-state index contributed by atoms with van der Waals surface area (Å²) < 4.78 is 3.05. The quantitative estimate of drug-likeness (QED) is 0.887. The second-order valence-electron chi connectivity index (χ2n) is 6.95. The third-order valence-corrected chi connectivity index (χ3v) is 7.49. The van der Waals surface area contributed by atoms with Gasteiger partial charge in [0.25, 0.3) is 0 Å². The maximum Gasteiger partial charge on any atom is 0.225 e. The lowest BCUT2D eigenvalue weighted by Gasteiger charge is -2.30. The fourth-order valence-electron chi connectivity index (χ4n) is 3.62. The maximum atomic E-state index is 12.6. The molecule has 6 nitrogen and oxygen atoms in total. The summed E-state index contributed by atoms with van der Waals surface area (Å²) in [5.41, 5.74) is 1.11. The Bertz CT molecular complexity index is 735. The molecular weight excluding hydrogens is 354 g/mol. The van der Waals surface area contributed by atoms with E-state index in [2.05, 4.69) is 25.8 Å². The molecule has 0 saturated heterocycles. The molecule has 2 aliphatic rings. The standard InChI is InChI=1S/C17H23N5OS2/c1-11-9-24-17(20-11)25-14-5-3-13(4-6-14)21-16(23)12-2-7-15-18-10-19-22(15)8-12/h9-10,12-14H,2-8H2,1H3,(H,21,23). The number of nitrogens with zero attached hydrogens (tertiary/aromatic N) is 4. The number of amides is 1. The fourth-order valence-corrected chi connectivity index (χ4v) is 5.91. The minimum Gasteiger partial charge on any atom is -0.353 e. The maximum absolute atomic E-state index is 12.6. The molecule has 2 aromatic rings. The highest BCUT2D eigenvalue weighted by Gasteiger charge is 2.29. The number of carbonyl (C=O) groups excluding carboxylic acids is 1. The van der Waals surface area contributed by atoms with Crippen LogP contribution in [0.25, 0.3) is 0 Å². The van der Waals surface area contributed by atoms with E-state index in [9.17, 15) is 4.79 Å². The third kappa shape index (κ3) is 4.06. The van der Waals surface area contributed by atoms with Gasteiger partial charge < -0.3 is 5.32 Å². The number of hydrogen-bond donors (Lipinski definition) is 1. The van der Waals surface area contributed by atoms with Gasteiger partial charge in [0.1, 0.15) is 16.5 Å². The predicted octanol–water partition coefficient (Wildman–Crippen LogP) is 2.83. The minimum absolute atomic E-state index is 0.0274. The predicted molar refractivity (Wildman–Crippen MR) is 98.7 cm³/mol. The fraction of sp³-hybridized carbons (Fsp3) is 0.647. The number of aryl methyl sites for hydroxylation is 2. The number of carbonyl (C=O) groups is 1. The van der Waals surface area contributed by atoms with Crippen LogP contribution in [0.5, 0.6) is 0 Å². The summed E-state index contributed by atoms with van der Waals surface area (Å²) in [5.74, 6) is 1.21. The molecule has 8 heteroatoms. The third-order valence-electron chi connectivity index (χ3n) is 5.06. The average molecular weight is 378 g/mol. The van der Waals surface area contributed by atoms with E-state index >= 15 is 0 Å². The van der Waals surface area contributed by atoms with E-state index in [1.54, 1.807) is 17.7 Å². The second-order valence-corrected chi connectivity index (χ2v) is 9.35. The van der Waals surface area contributed by atoms with Crippen LogP contribution in [0.1, 0.15) is 43.6 Å². The SMILES string of the molecule is Cc1csc(SC2CCC(NC(=O)C3CCc4ncnn4C3)CC2)n1. The normalized spacial score (nSPS) is 26.2. The van der Waals surface area contributed by atoms with Gasteiger partial charge in [0, 0.05) is 28.8 Å². The largest absolute Gasteiger partial charge is 0.353 e. The van der Waals surface area contributed by atoms with E-state index in [1.165, 1.54) is 4.34 Å². The van der Waals surface area contributed by atoms with E-state index in [4.69, 9.17) is 0 Å². The number of thioether (sulfide) groups is 1. The van der Waals surface area contributed by atoms with Crippen LogP contribution in [0, 0.1) is 12.8 Å². The van der Waals surface area contributed by atoms with Crippen LogP contribution in [-0.4, -0.2) is 36.9 Å². The number of rotatable bonds is 4. The highest BCUT2D eigenvalue weighted by atomic mass is 32.2. The Kier molecular flexibility index (Phi) is 5.08. The average Bonchev–Trinajstić information content (AvgIpc) is 3.24. The van der Waals surface area contributed by atoms with Crippen LogP contribution in [0.15, 0.2) is 16.0 Å². The van der Waals surface area contributed by atoms with Crippen molar-refractivity contribution >= 4 is 29.0 Å². The molecule has 0 radical (unpaired) electrons. The van der Waals surface area contributed by atoms with Crippen molar-refractivity contribution in [2.24, 2.45) is 5.92 Å². The lowest BCUT2D eigenvalue weighted by Crippen LogP contribution is -2.43. The molecule has 1 fully saturated rings. The Labute approximate surface area is 155 Å². The molecule has 25 heavy (non-hydrogen) atoms. The van der Waals surface area contributed by atoms with Gasteiger partial charge in [-0.25, -0.2) is 14.6 Å². The highest BCUT2D eigenvalue weighted by Crippen LogP contribution is 2.35. The van der Waals surface area contributed by atoms with Gasteiger partial charge in [0.15, 0.2) is 0 Å². The van der Waals surface area contributed by atoms with Crippen LogP contribution in [0.4, 0.5) is 0 Å². The zero-order chi connectivity index (χ0) is 17.2. The second kappa shape index (κ2) is 7.45. The molecule has 1 aliphatic carbocycles. The van der Waals surface area contributed by atoms with Crippen molar-refractivity contribution in [3.63, 3.8) is 0 Å². The number of fused-ring (bicyclic) bond motifs is 1. The molecule has 0 bridgehead atoms. The van der Waals surface area contributed by atoms with E-state index in [-0.39, 0.29) is 11.8 Å². The summed E-state index contributed by atoms with van der Waals surface area (Å²) in [7, 11) is 0. The molecule has 1 atom stereocenters. The van der Waals surface area contributed by atoms with E-state index in [0.29, 0.717) is 17.8 Å². The van der Waals surface area contributed by atoms with Gasteiger partial charge in [-0.05, 0) is 39.0 Å². The summed E-state index contributed by atoms with van der Waals surface area (Å²) in [5, 5.41) is 10.2. The first-order valence-corrected chi connectivity index (χ1v) is 10.7. The molecule has 4 rings (SSSR count). The van der Waals surface area contributed by atoms with Crippen molar-refractivity contribution in [1.82, 2.24) is 25.1 Å².